The fourth-order valence-corrected chi connectivity index (χ4v) is 6.20. The molecular weight excluding hydrogens is 557 g/mol. The molecule has 0 unspecified atom stereocenters. The van der Waals surface area contributed by atoms with Crippen LogP contribution in [-0.2, 0) is 13.2 Å². The summed E-state index contributed by atoms with van der Waals surface area (Å²) in [5, 5.41) is 8.79. The first-order chi connectivity index (χ1) is 20.6. The van der Waals surface area contributed by atoms with Crippen LogP contribution in [0.5, 0.6) is 0 Å². The van der Waals surface area contributed by atoms with E-state index in [-0.39, 0.29) is 5.69 Å². The zero-order valence-electron chi connectivity index (χ0n) is 24.6. The number of nitrogens with zero attached hydrogens (tertiary/aromatic N) is 5. The fourth-order valence-electron chi connectivity index (χ4n) is 6.20. The van der Waals surface area contributed by atoms with Gasteiger partial charge in [0.2, 0.25) is 0 Å². The van der Waals surface area contributed by atoms with Crippen LogP contribution in [0.3, 0.4) is 0 Å². The highest BCUT2D eigenvalue weighted by molar-refractivity contribution is 6.05. The zero-order valence-corrected chi connectivity index (χ0v) is 24.6. The molecular formula is C31H37F3N8O. The van der Waals surface area contributed by atoms with Crippen molar-refractivity contribution in [1.82, 2.24) is 25.6 Å². The molecule has 0 spiro atoms. The van der Waals surface area contributed by atoms with Gasteiger partial charge in [-0.1, -0.05) is 18.9 Å². The molecule has 3 aliphatic rings. The maximum atomic E-state index is 13.9. The summed E-state index contributed by atoms with van der Waals surface area (Å²) in [6, 6.07) is 9.62. The van der Waals surface area contributed by atoms with E-state index in [0.717, 1.165) is 47.4 Å². The predicted molar refractivity (Wildman–Crippen MR) is 161 cm³/mol. The Hall–Kier alpha value is -4.03. The average Bonchev–Trinajstić information content (AvgIpc) is 3.76. The van der Waals surface area contributed by atoms with E-state index in [1.54, 1.807) is 34.1 Å². The number of hydrogen-bond donors (Lipinski definition) is 3. The maximum Gasteiger partial charge on any atom is 0.416 e. The number of alkyl halides is 3. The SMILES string of the molecule is Cc1ccc(C(=O)Nc2cc(N3CCN(C4CCCC4)CC3)cc(C(F)(F)F)c2)cc1N1C=C(c2cnn(C)c2C)NN1. The second kappa shape index (κ2) is 11.6. The van der Waals surface area contributed by atoms with Crippen LogP contribution in [-0.4, -0.2) is 52.8 Å². The van der Waals surface area contributed by atoms with Gasteiger partial charge in [0.1, 0.15) is 0 Å². The van der Waals surface area contributed by atoms with Crippen LogP contribution < -0.4 is 26.2 Å². The number of halogens is 3. The van der Waals surface area contributed by atoms with Crippen molar-refractivity contribution in [1.29, 1.82) is 0 Å². The largest absolute Gasteiger partial charge is 0.416 e. The van der Waals surface area contributed by atoms with Gasteiger partial charge in [-0.25, -0.2) is 0 Å². The number of hydrazine groups is 2. The summed E-state index contributed by atoms with van der Waals surface area (Å²) < 4.78 is 43.6. The lowest BCUT2D eigenvalue weighted by Crippen LogP contribution is -2.49. The van der Waals surface area contributed by atoms with Crippen LogP contribution in [0.2, 0.25) is 0 Å². The number of piperazine rings is 1. The molecule has 2 aromatic carbocycles. The van der Waals surface area contributed by atoms with Gasteiger partial charge < -0.3 is 15.6 Å². The number of rotatable bonds is 6. The van der Waals surface area contributed by atoms with Crippen molar-refractivity contribution in [3.05, 3.63) is 76.7 Å². The van der Waals surface area contributed by atoms with Gasteiger partial charge in [0.25, 0.3) is 5.91 Å². The summed E-state index contributed by atoms with van der Waals surface area (Å²) in [5.41, 5.74) is 10.7. The molecule has 0 bridgehead atoms. The molecule has 0 atom stereocenters. The summed E-state index contributed by atoms with van der Waals surface area (Å²) in [5.74, 6) is -0.489. The highest BCUT2D eigenvalue weighted by Gasteiger charge is 2.33. The van der Waals surface area contributed by atoms with Crippen LogP contribution in [0.1, 0.15) is 58.4 Å². The molecule has 1 aliphatic carbocycles. The monoisotopic (exact) mass is 594 g/mol. The van der Waals surface area contributed by atoms with Gasteiger partial charge in [-0.15, -0.1) is 5.53 Å². The number of carbonyl (C=O) groups is 1. The number of benzene rings is 2. The van der Waals surface area contributed by atoms with Crippen molar-refractivity contribution in [3.63, 3.8) is 0 Å². The molecule has 9 nitrogen and oxygen atoms in total. The summed E-state index contributed by atoms with van der Waals surface area (Å²) in [7, 11) is 1.87. The van der Waals surface area contributed by atoms with Gasteiger partial charge in [0, 0.05) is 73.7 Å². The Morgan fingerprint density at radius 1 is 1.02 bits per heavy atom. The quantitative estimate of drug-likeness (QED) is 0.362. The topological polar surface area (TPSA) is 80.7 Å². The number of hydrogen-bond acceptors (Lipinski definition) is 7. The lowest BCUT2D eigenvalue weighted by atomic mass is 10.1. The van der Waals surface area contributed by atoms with Gasteiger partial charge in [0.05, 0.1) is 23.1 Å². The van der Waals surface area contributed by atoms with Crippen molar-refractivity contribution in [2.75, 3.05) is 41.4 Å². The maximum absolute atomic E-state index is 13.9. The molecule has 2 fully saturated rings. The molecule has 6 rings (SSSR count). The van der Waals surface area contributed by atoms with Crippen molar-refractivity contribution in [2.24, 2.45) is 7.05 Å². The normalized spacial score (nSPS) is 18.2. The molecule has 12 heteroatoms. The first kappa shape index (κ1) is 29.1. The summed E-state index contributed by atoms with van der Waals surface area (Å²) in [6.45, 7) is 6.84. The smallest absolute Gasteiger partial charge is 0.369 e. The van der Waals surface area contributed by atoms with Crippen LogP contribution in [0, 0.1) is 13.8 Å². The fraction of sp³-hybridized carbons (Fsp3) is 0.419. The Bertz CT molecular complexity index is 1530. The van der Waals surface area contributed by atoms with Crippen LogP contribution in [0.25, 0.3) is 5.70 Å². The number of anilines is 3. The van der Waals surface area contributed by atoms with Crippen LogP contribution in [0.15, 0.2) is 48.8 Å². The first-order valence-electron chi connectivity index (χ1n) is 14.7. The molecule has 1 amide bonds. The molecule has 228 valence electrons. The average molecular weight is 595 g/mol. The van der Waals surface area contributed by atoms with Crippen LogP contribution >= 0.6 is 0 Å². The molecule has 1 aromatic heterocycles. The number of nitrogens with one attached hydrogen (secondary N) is 3. The third kappa shape index (κ3) is 6.07. The van der Waals surface area contributed by atoms with Gasteiger partial charge in [0.15, 0.2) is 0 Å². The first-order valence-corrected chi connectivity index (χ1v) is 14.7. The van der Waals surface area contributed by atoms with Gasteiger partial charge in [-0.3, -0.25) is 19.4 Å². The van der Waals surface area contributed by atoms with Gasteiger partial charge >= 0.3 is 6.18 Å². The van der Waals surface area contributed by atoms with E-state index in [2.05, 4.69) is 26.3 Å². The minimum absolute atomic E-state index is 0.116. The summed E-state index contributed by atoms with van der Waals surface area (Å²) in [6.07, 6.45) is 4.01. The standard InChI is InChI=1S/C31H37F3N8O/c1-20-8-9-22(14-29(20)42-19-28(37-38-42)27-18-35-39(3)21(27)2)30(43)36-24-15-23(31(32,33)34)16-26(17-24)41-12-10-40(11-13-41)25-6-4-5-7-25/h8-9,14-19,25,37-38H,4-7,10-13H2,1-3H3,(H,36,43). The second-order valence-corrected chi connectivity index (χ2v) is 11.6. The minimum Gasteiger partial charge on any atom is -0.369 e. The molecule has 3 N–H and O–H groups in total. The molecule has 1 saturated heterocycles. The highest BCUT2D eigenvalue weighted by atomic mass is 19.4. The lowest BCUT2D eigenvalue weighted by Gasteiger charge is -2.39. The molecule has 43 heavy (non-hydrogen) atoms. The van der Waals surface area contributed by atoms with E-state index in [9.17, 15) is 18.0 Å². The van der Waals surface area contributed by atoms with Crippen molar-refractivity contribution < 1.29 is 18.0 Å². The predicted octanol–water partition coefficient (Wildman–Crippen LogP) is 5.20. The summed E-state index contributed by atoms with van der Waals surface area (Å²) >= 11 is 0. The Balaban J connectivity index is 1.20. The Morgan fingerprint density at radius 2 is 1.77 bits per heavy atom. The summed E-state index contributed by atoms with van der Waals surface area (Å²) in [4.78, 5) is 17.8. The van der Waals surface area contributed by atoms with E-state index in [1.165, 1.54) is 31.7 Å². The molecule has 0 radical (unpaired) electrons. The van der Waals surface area contributed by atoms with E-state index in [0.29, 0.717) is 30.4 Å². The minimum atomic E-state index is -4.54. The Labute approximate surface area is 249 Å². The zero-order chi connectivity index (χ0) is 30.3. The van der Waals surface area contributed by atoms with E-state index >= 15 is 0 Å². The number of amides is 1. The Morgan fingerprint density at radius 3 is 2.44 bits per heavy atom. The Kier molecular flexibility index (Phi) is 7.82. The molecule has 3 aromatic rings. The molecule has 3 heterocycles. The van der Waals surface area contributed by atoms with E-state index in [1.807, 2.05) is 38.1 Å². The number of carbonyl (C=O) groups excluding carboxylic acids is 1. The van der Waals surface area contributed by atoms with Gasteiger partial charge in [-0.05, 0) is 62.6 Å². The molecule has 1 saturated carbocycles. The van der Waals surface area contributed by atoms with Crippen molar-refractivity contribution >= 4 is 28.7 Å². The molecule has 2 aliphatic heterocycles. The van der Waals surface area contributed by atoms with E-state index < -0.39 is 17.6 Å². The number of aryl methyl sites for hydroxylation is 2. The van der Waals surface area contributed by atoms with Crippen LogP contribution in [0.4, 0.5) is 30.2 Å². The number of aromatic nitrogens is 2. The third-order valence-corrected chi connectivity index (χ3v) is 8.85. The lowest BCUT2D eigenvalue weighted by molar-refractivity contribution is -0.137. The van der Waals surface area contributed by atoms with Crippen molar-refractivity contribution in [3.8, 4) is 0 Å². The van der Waals surface area contributed by atoms with Gasteiger partial charge in [-0.2, -0.15) is 18.3 Å². The highest BCUT2D eigenvalue weighted by Crippen LogP contribution is 2.36. The second-order valence-electron chi connectivity index (χ2n) is 11.6. The van der Waals surface area contributed by atoms with Crippen molar-refractivity contribution in [2.45, 2.75) is 51.7 Å². The third-order valence-electron chi connectivity index (χ3n) is 8.85. The van der Waals surface area contributed by atoms with E-state index in [4.69, 9.17) is 0 Å².